The second-order valence-corrected chi connectivity index (χ2v) is 4.34. The molecule has 3 heteroatoms. The van der Waals surface area contributed by atoms with E-state index in [9.17, 15) is 9.90 Å². The minimum atomic E-state index is -0.402. The summed E-state index contributed by atoms with van der Waals surface area (Å²) < 4.78 is 4.76. The maximum Gasteiger partial charge on any atom is 0.302 e. The van der Waals surface area contributed by atoms with Crippen molar-refractivity contribution in [2.75, 3.05) is 6.61 Å². The van der Waals surface area contributed by atoms with Crippen molar-refractivity contribution < 1.29 is 14.6 Å². The molecular formula is C14H26O3. The van der Waals surface area contributed by atoms with Gasteiger partial charge in [-0.15, -0.1) is 0 Å². The van der Waals surface area contributed by atoms with Crippen LogP contribution in [0.3, 0.4) is 0 Å². The van der Waals surface area contributed by atoms with Gasteiger partial charge in [-0.3, -0.25) is 4.79 Å². The van der Waals surface area contributed by atoms with Crippen molar-refractivity contribution >= 4 is 5.97 Å². The van der Waals surface area contributed by atoms with Gasteiger partial charge in [0.05, 0.1) is 12.7 Å². The van der Waals surface area contributed by atoms with Gasteiger partial charge in [-0.2, -0.15) is 0 Å². The van der Waals surface area contributed by atoms with Crippen molar-refractivity contribution in [3.05, 3.63) is 12.2 Å². The topological polar surface area (TPSA) is 46.5 Å². The third kappa shape index (κ3) is 13.1. The third-order valence-corrected chi connectivity index (χ3v) is 2.56. The molecule has 0 heterocycles. The van der Waals surface area contributed by atoms with Crippen LogP contribution in [0.1, 0.15) is 58.8 Å². The normalized spacial score (nSPS) is 12.9. The van der Waals surface area contributed by atoms with Gasteiger partial charge in [0, 0.05) is 13.3 Å². The molecule has 3 nitrogen and oxygen atoms in total. The first kappa shape index (κ1) is 16.2. The largest absolute Gasteiger partial charge is 0.466 e. The molecule has 0 saturated carbocycles. The average molecular weight is 242 g/mol. The van der Waals surface area contributed by atoms with Crippen molar-refractivity contribution in [1.29, 1.82) is 0 Å². The van der Waals surface area contributed by atoms with Crippen LogP contribution in [0.25, 0.3) is 0 Å². The molecule has 100 valence electrons. The van der Waals surface area contributed by atoms with Crippen LogP contribution < -0.4 is 0 Å². The van der Waals surface area contributed by atoms with E-state index in [-0.39, 0.29) is 5.97 Å². The first-order valence-electron chi connectivity index (χ1n) is 6.63. The molecule has 0 aliphatic rings. The second-order valence-electron chi connectivity index (χ2n) is 4.34. The average Bonchev–Trinajstić information content (AvgIpc) is 2.27. The molecule has 0 aromatic carbocycles. The summed E-state index contributed by atoms with van der Waals surface area (Å²) in [4.78, 5) is 10.5. The monoisotopic (exact) mass is 242 g/mol. The highest BCUT2D eigenvalue weighted by Crippen LogP contribution is 2.05. The van der Waals surface area contributed by atoms with Crippen LogP contribution in [0.2, 0.25) is 0 Å². The van der Waals surface area contributed by atoms with Crippen molar-refractivity contribution in [2.45, 2.75) is 64.9 Å². The van der Waals surface area contributed by atoms with Crippen LogP contribution in [-0.4, -0.2) is 23.8 Å². The number of allylic oxidation sites excluding steroid dienone is 1. The predicted molar refractivity (Wildman–Crippen MR) is 69.8 cm³/mol. The Balaban J connectivity index is 3.33. The Labute approximate surface area is 105 Å². The van der Waals surface area contributed by atoms with Crippen molar-refractivity contribution in [3.63, 3.8) is 0 Å². The summed E-state index contributed by atoms with van der Waals surface area (Å²) in [6.45, 7) is 3.89. The molecule has 0 amide bonds. The fourth-order valence-corrected chi connectivity index (χ4v) is 1.52. The van der Waals surface area contributed by atoms with Gasteiger partial charge in [-0.1, -0.05) is 38.3 Å². The number of hydrogen-bond acceptors (Lipinski definition) is 3. The van der Waals surface area contributed by atoms with E-state index in [4.69, 9.17) is 4.74 Å². The third-order valence-electron chi connectivity index (χ3n) is 2.56. The molecule has 0 aromatic heterocycles. The number of ether oxygens (including phenoxy) is 1. The van der Waals surface area contributed by atoms with Gasteiger partial charge >= 0.3 is 5.97 Å². The first-order valence-corrected chi connectivity index (χ1v) is 6.63. The molecule has 1 N–H and O–H groups in total. The molecule has 0 rings (SSSR count). The van der Waals surface area contributed by atoms with Crippen LogP contribution in [0.5, 0.6) is 0 Å². The maximum absolute atomic E-state index is 10.5. The fraction of sp³-hybridized carbons (Fsp3) is 0.786. The predicted octanol–water partition coefficient (Wildman–Crippen LogP) is 3.22. The Bertz CT molecular complexity index is 212. The summed E-state index contributed by atoms with van der Waals surface area (Å²) in [5.41, 5.74) is 0. The second kappa shape index (κ2) is 11.6. The number of aliphatic hydroxyl groups excluding tert-OH is 1. The number of aliphatic hydroxyl groups is 1. The SMILES string of the molecule is CCCCCC/C=C\CC(O)CCOC(C)=O. The van der Waals surface area contributed by atoms with E-state index in [1.807, 2.05) is 6.08 Å². The lowest BCUT2D eigenvalue weighted by Gasteiger charge is -2.07. The molecule has 0 spiro atoms. The molecule has 0 aliphatic carbocycles. The highest BCUT2D eigenvalue weighted by molar-refractivity contribution is 5.65. The number of rotatable bonds is 10. The van der Waals surface area contributed by atoms with Crippen LogP contribution in [0, 0.1) is 0 Å². The van der Waals surface area contributed by atoms with Crippen molar-refractivity contribution in [3.8, 4) is 0 Å². The van der Waals surface area contributed by atoms with E-state index in [0.717, 1.165) is 6.42 Å². The van der Waals surface area contributed by atoms with Crippen molar-refractivity contribution in [1.82, 2.24) is 0 Å². The highest BCUT2D eigenvalue weighted by Gasteiger charge is 2.02. The van der Waals surface area contributed by atoms with E-state index < -0.39 is 6.10 Å². The lowest BCUT2D eigenvalue weighted by molar-refractivity contribution is -0.141. The lowest BCUT2D eigenvalue weighted by Crippen LogP contribution is -2.11. The Morgan fingerprint density at radius 1 is 1.29 bits per heavy atom. The molecule has 0 saturated heterocycles. The van der Waals surface area contributed by atoms with Gasteiger partial charge in [-0.25, -0.2) is 0 Å². The Morgan fingerprint density at radius 2 is 2.06 bits per heavy atom. The zero-order valence-electron chi connectivity index (χ0n) is 11.2. The standard InChI is InChI=1S/C14H26O3/c1-3-4-5-6-7-8-9-10-14(16)11-12-17-13(2)15/h8-9,14,16H,3-7,10-12H2,1-2H3/b9-8-. The Morgan fingerprint density at radius 3 is 2.71 bits per heavy atom. The van der Waals surface area contributed by atoms with Crippen molar-refractivity contribution in [2.24, 2.45) is 0 Å². The van der Waals surface area contributed by atoms with E-state index in [1.54, 1.807) is 0 Å². The highest BCUT2D eigenvalue weighted by atomic mass is 16.5. The molecule has 0 bridgehead atoms. The van der Waals surface area contributed by atoms with Gasteiger partial charge in [0.1, 0.15) is 0 Å². The zero-order valence-corrected chi connectivity index (χ0v) is 11.2. The summed E-state index contributed by atoms with van der Waals surface area (Å²) in [6, 6.07) is 0. The Kier molecular flexibility index (Phi) is 11.1. The van der Waals surface area contributed by atoms with Gasteiger partial charge in [-0.05, 0) is 19.3 Å². The van der Waals surface area contributed by atoms with Crippen LogP contribution >= 0.6 is 0 Å². The number of carbonyl (C=O) groups is 1. The quantitative estimate of drug-likeness (QED) is 0.363. The molecule has 0 aliphatic heterocycles. The summed E-state index contributed by atoms with van der Waals surface area (Å²) in [7, 11) is 0. The number of carbonyl (C=O) groups excluding carboxylic acids is 1. The summed E-state index contributed by atoms with van der Waals surface area (Å²) in [5, 5.41) is 9.56. The van der Waals surface area contributed by atoms with Crippen LogP contribution in [-0.2, 0) is 9.53 Å². The van der Waals surface area contributed by atoms with E-state index >= 15 is 0 Å². The number of hydrogen-bond donors (Lipinski definition) is 1. The summed E-state index contributed by atoms with van der Waals surface area (Å²) in [5.74, 6) is -0.288. The van der Waals surface area contributed by atoms with Crippen LogP contribution in [0.4, 0.5) is 0 Å². The minimum absolute atomic E-state index is 0.288. The summed E-state index contributed by atoms with van der Waals surface area (Å²) in [6.07, 6.45) is 11.1. The van der Waals surface area contributed by atoms with E-state index in [2.05, 4.69) is 13.0 Å². The molecule has 0 fully saturated rings. The van der Waals surface area contributed by atoms with Gasteiger partial charge in [0.25, 0.3) is 0 Å². The van der Waals surface area contributed by atoms with E-state index in [1.165, 1.54) is 32.6 Å². The van der Waals surface area contributed by atoms with Gasteiger partial charge < -0.3 is 9.84 Å². The number of unbranched alkanes of at least 4 members (excludes halogenated alkanes) is 4. The Hall–Kier alpha value is -0.830. The molecule has 0 radical (unpaired) electrons. The smallest absolute Gasteiger partial charge is 0.302 e. The molecular weight excluding hydrogens is 216 g/mol. The molecule has 1 unspecified atom stereocenters. The number of esters is 1. The van der Waals surface area contributed by atoms with Gasteiger partial charge in [0.15, 0.2) is 0 Å². The molecule has 1 atom stereocenters. The lowest BCUT2D eigenvalue weighted by atomic mass is 10.1. The fourth-order valence-electron chi connectivity index (χ4n) is 1.52. The molecule has 17 heavy (non-hydrogen) atoms. The van der Waals surface area contributed by atoms with Crippen LogP contribution in [0.15, 0.2) is 12.2 Å². The minimum Gasteiger partial charge on any atom is -0.466 e. The summed E-state index contributed by atoms with van der Waals surface area (Å²) >= 11 is 0. The molecule has 0 aromatic rings. The van der Waals surface area contributed by atoms with Gasteiger partial charge in [0.2, 0.25) is 0 Å². The first-order chi connectivity index (χ1) is 8.16. The zero-order chi connectivity index (χ0) is 12.9. The van der Waals surface area contributed by atoms with E-state index in [0.29, 0.717) is 19.4 Å². The maximum atomic E-state index is 10.5.